The first-order valence-corrected chi connectivity index (χ1v) is 9.15. The minimum atomic E-state index is 0.407. The van der Waals surface area contributed by atoms with E-state index < -0.39 is 0 Å². The Bertz CT molecular complexity index is 1200. The molecule has 0 bridgehead atoms. The van der Waals surface area contributed by atoms with Gasteiger partial charge in [-0.25, -0.2) is 15.0 Å². The van der Waals surface area contributed by atoms with Crippen LogP contribution in [0.5, 0.6) is 0 Å². The Morgan fingerprint density at radius 3 is 2.68 bits per heavy atom. The third-order valence-electron chi connectivity index (χ3n) is 5.08. The molecule has 0 amide bonds. The number of anilines is 3. The largest absolute Gasteiger partial charge is 0.436 e. The molecule has 1 aromatic carbocycles. The van der Waals surface area contributed by atoms with Crippen LogP contribution in [-0.2, 0) is 4.74 Å². The van der Waals surface area contributed by atoms with Crippen molar-refractivity contribution in [1.29, 1.82) is 0 Å². The Balaban J connectivity index is 1.66. The van der Waals surface area contributed by atoms with Gasteiger partial charge in [0.1, 0.15) is 17.2 Å². The molecule has 8 nitrogen and oxygen atoms in total. The second-order valence-corrected chi connectivity index (χ2v) is 6.88. The molecule has 1 saturated heterocycles. The maximum absolute atomic E-state index is 6.07. The Kier molecular flexibility index (Phi) is 3.80. The molecule has 0 spiro atoms. The first-order chi connectivity index (χ1) is 13.6. The summed E-state index contributed by atoms with van der Waals surface area (Å²) < 4.78 is 11.5. The van der Waals surface area contributed by atoms with Crippen molar-refractivity contribution in [3.05, 3.63) is 36.2 Å². The highest BCUT2D eigenvalue weighted by Gasteiger charge is 2.19. The molecule has 28 heavy (non-hydrogen) atoms. The van der Waals surface area contributed by atoms with Crippen molar-refractivity contribution in [2.75, 3.05) is 42.7 Å². The van der Waals surface area contributed by atoms with Crippen LogP contribution in [-0.4, -0.2) is 41.3 Å². The van der Waals surface area contributed by atoms with Crippen LogP contribution in [0.25, 0.3) is 33.3 Å². The maximum Gasteiger partial charge on any atom is 0.229 e. The molecule has 4 N–H and O–H groups in total. The van der Waals surface area contributed by atoms with Crippen LogP contribution in [0.3, 0.4) is 0 Å². The Morgan fingerprint density at radius 1 is 1.04 bits per heavy atom. The molecule has 4 heterocycles. The van der Waals surface area contributed by atoms with E-state index >= 15 is 0 Å². The first kappa shape index (κ1) is 16.8. The zero-order chi connectivity index (χ0) is 19.3. The maximum atomic E-state index is 6.07. The normalized spacial score (nSPS) is 14.8. The predicted molar refractivity (Wildman–Crippen MR) is 109 cm³/mol. The van der Waals surface area contributed by atoms with E-state index in [4.69, 9.17) is 25.6 Å². The lowest BCUT2D eigenvalue weighted by molar-refractivity contribution is 0.122. The number of pyridine rings is 2. The average molecular weight is 376 g/mol. The molecular weight excluding hydrogens is 356 g/mol. The van der Waals surface area contributed by atoms with Crippen molar-refractivity contribution in [2.45, 2.75) is 6.92 Å². The minimum absolute atomic E-state index is 0.407. The highest BCUT2D eigenvalue weighted by molar-refractivity contribution is 6.02. The molecule has 1 fully saturated rings. The van der Waals surface area contributed by atoms with Crippen molar-refractivity contribution < 1.29 is 9.15 Å². The van der Waals surface area contributed by atoms with E-state index in [1.54, 1.807) is 12.3 Å². The van der Waals surface area contributed by atoms with Gasteiger partial charge in [0.15, 0.2) is 5.58 Å². The van der Waals surface area contributed by atoms with Crippen LogP contribution in [0.2, 0.25) is 0 Å². The molecule has 0 aliphatic carbocycles. The van der Waals surface area contributed by atoms with Crippen LogP contribution in [0, 0.1) is 6.92 Å². The summed E-state index contributed by atoms with van der Waals surface area (Å²) in [6.07, 6.45) is 1.63. The zero-order valence-electron chi connectivity index (χ0n) is 15.5. The van der Waals surface area contributed by atoms with Crippen molar-refractivity contribution in [3.63, 3.8) is 0 Å². The van der Waals surface area contributed by atoms with Gasteiger partial charge in [0.2, 0.25) is 5.89 Å². The summed E-state index contributed by atoms with van der Waals surface area (Å²) in [5, 5.41) is 1.56. The SMILES string of the molecule is Cc1nc(N)c2cnc(N)cc2c1-c1nc2cc(N3CCOCC3)ccc2o1. The van der Waals surface area contributed by atoms with E-state index in [0.717, 1.165) is 65.1 Å². The molecule has 0 unspecified atom stereocenters. The molecule has 5 rings (SSSR count). The second kappa shape index (κ2) is 6.35. The summed E-state index contributed by atoms with van der Waals surface area (Å²) >= 11 is 0. The van der Waals surface area contributed by atoms with E-state index in [2.05, 4.69) is 20.9 Å². The highest BCUT2D eigenvalue weighted by atomic mass is 16.5. The minimum Gasteiger partial charge on any atom is -0.436 e. The lowest BCUT2D eigenvalue weighted by Gasteiger charge is -2.28. The van der Waals surface area contributed by atoms with Crippen LogP contribution in [0.15, 0.2) is 34.9 Å². The molecule has 0 radical (unpaired) electrons. The van der Waals surface area contributed by atoms with E-state index in [0.29, 0.717) is 17.5 Å². The van der Waals surface area contributed by atoms with Crippen molar-refractivity contribution in [2.24, 2.45) is 0 Å². The van der Waals surface area contributed by atoms with Crippen molar-refractivity contribution >= 4 is 39.2 Å². The van der Waals surface area contributed by atoms with Gasteiger partial charge in [-0.05, 0) is 31.2 Å². The summed E-state index contributed by atoms with van der Waals surface area (Å²) in [5.74, 6) is 1.31. The molecule has 1 aliphatic rings. The van der Waals surface area contributed by atoms with Gasteiger partial charge in [0.05, 0.1) is 24.5 Å². The molecule has 3 aromatic heterocycles. The number of rotatable bonds is 2. The van der Waals surface area contributed by atoms with Gasteiger partial charge in [-0.1, -0.05) is 0 Å². The Hall–Kier alpha value is -3.39. The topological polar surface area (TPSA) is 116 Å². The molecular formula is C20H20N6O2. The number of hydrogen-bond donors (Lipinski definition) is 2. The first-order valence-electron chi connectivity index (χ1n) is 9.15. The number of ether oxygens (including phenoxy) is 1. The highest BCUT2D eigenvalue weighted by Crippen LogP contribution is 2.35. The number of nitrogen functional groups attached to an aromatic ring is 2. The lowest BCUT2D eigenvalue weighted by atomic mass is 10.1. The number of aromatic nitrogens is 3. The monoisotopic (exact) mass is 376 g/mol. The number of aryl methyl sites for hydroxylation is 1. The molecule has 142 valence electrons. The standard InChI is InChI=1S/C20H20N6O2/c1-11-18(13-9-17(21)23-10-14(13)19(22)24-11)20-25-15-8-12(2-3-16(15)28-20)26-4-6-27-7-5-26/h2-3,8-10H,4-7H2,1H3,(H2,21,23)(H2,22,24). The van der Waals surface area contributed by atoms with Gasteiger partial charge >= 0.3 is 0 Å². The number of nitrogens with zero attached hydrogens (tertiary/aromatic N) is 4. The Morgan fingerprint density at radius 2 is 1.86 bits per heavy atom. The van der Waals surface area contributed by atoms with Crippen molar-refractivity contribution in [1.82, 2.24) is 15.0 Å². The van der Waals surface area contributed by atoms with E-state index in [1.807, 2.05) is 19.1 Å². The smallest absolute Gasteiger partial charge is 0.229 e. The molecule has 4 aromatic rings. The second-order valence-electron chi connectivity index (χ2n) is 6.88. The third kappa shape index (κ3) is 2.69. The number of fused-ring (bicyclic) bond motifs is 2. The summed E-state index contributed by atoms with van der Waals surface area (Å²) in [6, 6.07) is 7.83. The van der Waals surface area contributed by atoms with E-state index in [-0.39, 0.29) is 0 Å². The van der Waals surface area contributed by atoms with Gasteiger partial charge in [-0.3, -0.25) is 0 Å². The fourth-order valence-electron chi connectivity index (χ4n) is 3.69. The van der Waals surface area contributed by atoms with Crippen LogP contribution in [0.1, 0.15) is 5.69 Å². The van der Waals surface area contributed by atoms with E-state index in [1.165, 1.54) is 0 Å². The van der Waals surface area contributed by atoms with Crippen molar-refractivity contribution in [3.8, 4) is 11.5 Å². The van der Waals surface area contributed by atoms with Gasteiger partial charge in [0, 0.05) is 35.7 Å². The molecule has 1 aliphatic heterocycles. The molecule has 0 saturated carbocycles. The summed E-state index contributed by atoms with van der Waals surface area (Å²) in [5.41, 5.74) is 16.1. The summed E-state index contributed by atoms with van der Waals surface area (Å²) in [4.78, 5) is 15.6. The number of hydrogen-bond acceptors (Lipinski definition) is 8. The number of oxazole rings is 1. The third-order valence-corrected chi connectivity index (χ3v) is 5.08. The molecule has 8 heteroatoms. The van der Waals surface area contributed by atoms with Gasteiger partial charge in [0.25, 0.3) is 0 Å². The van der Waals surface area contributed by atoms with E-state index in [9.17, 15) is 0 Å². The van der Waals surface area contributed by atoms with Gasteiger partial charge in [-0.15, -0.1) is 0 Å². The Labute approximate surface area is 161 Å². The zero-order valence-corrected chi connectivity index (χ0v) is 15.5. The number of morpholine rings is 1. The quantitative estimate of drug-likeness (QED) is 0.548. The summed E-state index contributed by atoms with van der Waals surface area (Å²) in [6.45, 7) is 5.09. The fourth-order valence-corrected chi connectivity index (χ4v) is 3.69. The van der Waals surface area contributed by atoms with Gasteiger partial charge < -0.3 is 25.5 Å². The number of nitrogens with two attached hydrogens (primary N) is 2. The fraction of sp³-hybridized carbons (Fsp3) is 0.250. The van der Waals surface area contributed by atoms with Crippen LogP contribution < -0.4 is 16.4 Å². The lowest BCUT2D eigenvalue weighted by Crippen LogP contribution is -2.36. The summed E-state index contributed by atoms with van der Waals surface area (Å²) in [7, 11) is 0. The predicted octanol–water partition coefficient (Wildman–Crippen LogP) is 2.75. The van der Waals surface area contributed by atoms with Crippen LogP contribution in [0.4, 0.5) is 17.3 Å². The average Bonchev–Trinajstić information content (AvgIpc) is 3.11. The van der Waals surface area contributed by atoms with Gasteiger partial charge in [-0.2, -0.15) is 0 Å². The number of benzene rings is 1. The van der Waals surface area contributed by atoms with Crippen LogP contribution >= 0.6 is 0 Å². The molecule has 0 atom stereocenters.